The maximum atomic E-state index is 13.2. The molecule has 4 aromatic rings. The predicted molar refractivity (Wildman–Crippen MR) is 114 cm³/mol. The van der Waals surface area contributed by atoms with Gasteiger partial charge in [0.05, 0.1) is 5.69 Å². The Morgan fingerprint density at radius 2 is 1.28 bits per heavy atom. The Labute approximate surface area is 167 Å². The molecule has 0 atom stereocenters. The highest BCUT2D eigenvalue weighted by atomic mass is 16.3. The van der Waals surface area contributed by atoms with Crippen molar-refractivity contribution in [3.05, 3.63) is 117 Å². The number of aryl methyl sites for hydroxylation is 1. The quantitative estimate of drug-likeness (QED) is 0.572. The summed E-state index contributed by atoms with van der Waals surface area (Å²) >= 11 is 0. The second kappa shape index (κ2) is 8.02. The van der Waals surface area contributed by atoms with E-state index in [-0.39, 0.29) is 18.0 Å². The molecule has 0 saturated carbocycles. The minimum Gasteiger partial charge on any atom is -0.494 e. The standard InChI is InChI=1S/C24H20N2O3/c27-22-21(19-12-6-2-7-13-19)23(28)26(20-14-8-3-9-15-20)24(29)25(22)17-16-18-10-4-1-5-11-18/h1-15,27H,16-17H2. The zero-order chi connectivity index (χ0) is 20.2. The van der Waals surface area contributed by atoms with E-state index in [1.54, 1.807) is 48.5 Å². The third-order valence-electron chi connectivity index (χ3n) is 4.86. The molecule has 0 fully saturated rings. The first-order chi connectivity index (χ1) is 14.2. The summed E-state index contributed by atoms with van der Waals surface area (Å²) in [6.45, 7) is 0.252. The highest BCUT2D eigenvalue weighted by Crippen LogP contribution is 2.25. The third kappa shape index (κ3) is 3.62. The summed E-state index contributed by atoms with van der Waals surface area (Å²) in [6, 6.07) is 27.4. The van der Waals surface area contributed by atoms with Gasteiger partial charge in [0.1, 0.15) is 5.56 Å². The lowest BCUT2D eigenvalue weighted by molar-refractivity contribution is 0.399. The van der Waals surface area contributed by atoms with Crippen molar-refractivity contribution in [1.82, 2.24) is 9.13 Å². The largest absolute Gasteiger partial charge is 0.494 e. The van der Waals surface area contributed by atoms with Crippen LogP contribution in [0.2, 0.25) is 0 Å². The van der Waals surface area contributed by atoms with Crippen LogP contribution in [0.5, 0.6) is 5.88 Å². The van der Waals surface area contributed by atoms with Crippen LogP contribution < -0.4 is 11.2 Å². The zero-order valence-corrected chi connectivity index (χ0v) is 15.7. The molecule has 1 aromatic heterocycles. The minimum absolute atomic E-state index is 0.113. The smallest absolute Gasteiger partial charge is 0.338 e. The summed E-state index contributed by atoms with van der Waals surface area (Å²) in [4.78, 5) is 26.4. The number of hydrogen-bond acceptors (Lipinski definition) is 3. The molecule has 1 N–H and O–H groups in total. The van der Waals surface area contributed by atoms with Gasteiger partial charge in [-0.1, -0.05) is 78.9 Å². The van der Waals surface area contributed by atoms with Crippen molar-refractivity contribution < 1.29 is 5.11 Å². The molecule has 3 aromatic carbocycles. The van der Waals surface area contributed by atoms with Crippen molar-refractivity contribution in [2.45, 2.75) is 13.0 Å². The zero-order valence-electron chi connectivity index (χ0n) is 15.7. The Morgan fingerprint density at radius 1 is 0.724 bits per heavy atom. The molecule has 29 heavy (non-hydrogen) atoms. The summed E-state index contributed by atoms with van der Waals surface area (Å²) in [6.07, 6.45) is 0.551. The highest BCUT2D eigenvalue weighted by molar-refractivity contribution is 5.67. The van der Waals surface area contributed by atoms with Crippen molar-refractivity contribution >= 4 is 0 Å². The van der Waals surface area contributed by atoms with E-state index in [2.05, 4.69) is 0 Å². The van der Waals surface area contributed by atoms with Crippen LogP contribution in [-0.4, -0.2) is 14.2 Å². The molecule has 144 valence electrons. The first kappa shape index (κ1) is 18.5. The van der Waals surface area contributed by atoms with E-state index >= 15 is 0 Å². The summed E-state index contributed by atoms with van der Waals surface area (Å²) in [5, 5.41) is 10.9. The number of nitrogens with zero attached hydrogens (tertiary/aromatic N) is 2. The third-order valence-corrected chi connectivity index (χ3v) is 4.86. The molecule has 0 spiro atoms. The van der Waals surface area contributed by atoms with Gasteiger partial charge in [0.15, 0.2) is 0 Å². The van der Waals surface area contributed by atoms with Crippen molar-refractivity contribution in [3.63, 3.8) is 0 Å². The monoisotopic (exact) mass is 384 g/mol. The van der Waals surface area contributed by atoms with Gasteiger partial charge in [-0.2, -0.15) is 0 Å². The van der Waals surface area contributed by atoms with Crippen molar-refractivity contribution in [1.29, 1.82) is 0 Å². The van der Waals surface area contributed by atoms with Gasteiger partial charge in [-0.15, -0.1) is 0 Å². The van der Waals surface area contributed by atoms with Gasteiger partial charge >= 0.3 is 5.69 Å². The molecule has 0 aliphatic carbocycles. The molecule has 4 rings (SSSR count). The van der Waals surface area contributed by atoms with E-state index in [0.29, 0.717) is 17.7 Å². The fourth-order valence-electron chi connectivity index (χ4n) is 3.39. The van der Waals surface area contributed by atoms with E-state index in [1.165, 1.54) is 4.57 Å². The predicted octanol–water partition coefficient (Wildman–Crippen LogP) is 3.61. The minimum atomic E-state index is -0.561. The fraction of sp³-hybridized carbons (Fsp3) is 0.0833. The molecular weight excluding hydrogens is 364 g/mol. The lowest BCUT2D eigenvalue weighted by atomic mass is 10.1. The number of benzene rings is 3. The van der Waals surface area contributed by atoms with Crippen LogP contribution in [0.25, 0.3) is 16.8 Å². The lowest BCUT2D eigenvalue weighted by Gasteiger charge is -2.16. The highest BCUT2D eigenvalue weighted by Gasteiger charge is 2.20. The second-order valence-corrected chi connectivity index (χ2v) is 6.71. The average Bonchev–Trinajstić information content (AvgIpc) is 2.76. The Kier molecular flexibility index (Phi) is 5.12. The number of hydrogen-bond donors (Lipinski definition) is 1. The number of aromatic hydroxyl groups is 1. The topological polar surface area (TPSA) is 64.2 Å². The molecule has 1 heterocycles. The van der Waals surface area contributed by atoms with E-state index in [9.17, 15) is 14.7 Å². The van der Waals surface area contributed by atoms with Crippen LogP contribution in [0.3, 0.4) is 0 Å². The molecule has 0 radical (unpaired) electrons. The SMILES string of the molecule is O=c1c(-c2ccccc2)c(O)n(CCc2ccccc2)c(=O)n1-c1ccccc1. The van der Waals surface area contributed by atoms with Crippen LogP contribution in [-0.2, 0) is 13.0 Å². The van der Waals surface area contributed by atoms with Crippen LogP contribution in [0.4, 0.5) is 0 Å². The van der Waals surface area contributed by atoms with Gasteiger partial charge < -0.3 is 5.11 Å². The van der Waals surface area contributed by atoms with E-state index in [4.69, 9.17) is 0 Å². The molecule has 0 aliphatic heterocycles. The van der Waals surface area contributed by atoms with Crippen molar-refractivity contribution in [2.24, 2.45) is 0 Å². The summed E-state index contributed by atoms with van der Waals surface area (Å²) in [7, 11) is 0. The average molecular weight is 384 g/mol. The van der Waals surface area contributed by atoms with Gasteiger partial charge in [0, 0.05) is 6.54 Å². The van der Waals surface area contributed by atoms with Gasteiger partial charge in [-0.3, -0.25) is 9.36 Å². The Morgan fingerprint density at radius 3 is 1.90 bits per heavy atom. The summed E-state index contributed by atoms with van der Waals surface area (Å²) in [5.74, 6) is -0.311. The maximum Gasteiger partial charge on any atom is 0.338 e. The molecule has 0 saturated heterocycles. The number of aromatic nitrogens is 2. The van der Waals surface area contributed by atoms with Crippen LogP contribution in [0.1, 0.15) is 5.56 Å². The molecule has 0 aliphatic rings. The molecular formula is C24H20N2O3. The van der Waals surface area contributed by atoms with Gasteiger partial charge in [0.25, 0.3) is 5.56 Å². The molecule has 0 unspecified atom stereocenters. The first-order valence-corrected chi connectivity index (χ1v) is 9.40. The van der Waals surface area contributed by atoms with Crippen LogP contribution in [0.15, 0.2) is 101 Å². The van der Waals surface area contributed by atoms with Gasteiger partial charge in [0.2, 0.25) is 5.88 Å². The normalized spacial score (nSPS) is 10.8. The Hall–Kier alpha value is -3.86. The Bertz CT molecular complexity index is 1230. The maximum absolute atomic E-state index is 13.2. The van der Waals surface area contributed by atoms with Crippen molar-refractivity contribution in [3.8, 4) is 22.7 Å². The van der Waals surface area contributed by atoms with Crippen molar-refractivity contribution in [2.75, 3.05) is 0 Å². The summed E-state index contributed by atoms with van der Waals surface area (Å²) < 4.78 is 2.39. The van der Waals surface area contributed by atoms with E-state index in [0.717, 1.165) is 10.1 Å². The molecule has 5 nitrogen and oxygen atoms in total. The molecule has 0 amide bonds. The first-order valence-electron chi connectivity index (χ1n) is 9.40. The number of rotatable bonds is 5. The number of para-hydroxylation sites is 1. The Balaban J connectivity index is 1.92. The van der Waals surface area contributed by atoms with Gasteiger partial charge in [-0.05, 0) is 29.7 Å². The van der Waals surface area contributed by atoms with Crippen LogP contribution >= 0.6 is 0 Å². The summed E-state index contributed by atoms with van der Waals surface area (Å²) in [5.41, 5.74) is 1.08. The van der Waals surface area contributed by atoms with E-state index < -0.39 is 11.2 Å². The van der Waals surface area contributed by atoms with Crippen LogP contribution in [0, 0.1) is 0 Å². The van der Waals surface area contributed by atoms with Gasteiger partial charge in [-0.25, -0.2) is 9.36 Å². The van der Waals surface area contributed by atoms with E-state index in [1.807, 2.05) is 42.5 Å². The molecule has 5 heteroatoms. The lowest BCUT2D eigenvalue weighted by Crippen LogP contribution is -2.39. The fourth-order valence-corrected chi connectivity index (χ4v) is 3.39. The second-order valence-electron chi connectivity index (χ2n) is 6.71. The molecule has 0 bridgehead atoms.